The van der Waals surface area contributed by atoms with E-state index in [1.165, 1.54) is 6.20 Å². The summed E-state index contributed by atoms with van der Waals surface area (Å²) in [6.07, 6.45) is 1.51. The van der Waals surface area contributed by atoms with Crippen LogP contribution >= 0.6 is 11.6 Å². The summed E-state index contributed by atoms with van der Waals surface area (Å²) in [6.45, 7) is 0.556. The first kappa shape index (κ1) is 7.91. The number of aliphatic hydroxyl groups is 1. The fraction of sp³-hybridized carbons (Fsp3) is 0.429. The van der Waals surface area contributed by atoms with E-state index in [0.29, 0.717) is 5.69 Å². The van der Waals surface area contributed by atoms with Gasteiger partial charge in [0.1, 0.15) is 0 Å². The number of nitrogens with zero attached hydrogens (tertiary/aromatic N) is 2. The number of aromatic nitrogens is 2. The monoisotopic (exact) mass is 186 g/mol. The number of rotatable bonds is 1. The van der Waals surface area contributed by atoms with Crippen LogP contribution in [0.5, 0.6) is 0 Å². The molecule has 1 N–H and O–H groups in total. The van der Waals surface area contributed by atoms with Gasteiger partial charge in [-0.2, -0.15) is 0 Å². The van der Waals surface area contributed by atoms with E-state index in [9.17, 15) is 5.11 Å². The summed E-state index contributed by atoms with van der Waals surface area (Å²) >= 11 is 5.56. The fourth-order valence-electron chi connectivity index (χ4n) is 1.04. The molecule has 0 radical (unpaired) electrons. The summed E-state index contributed by atoms with van der Waals surface area (Å²) in [5.74, 6) is 0. The van der Waals surface area contributed by atoms with Crippen LogP contribution in [0.1, 0.15) is 5.69 Å². The van der Waals surface area contributed by atoms with Crippen molar-refractivity contribution in [2.24, 2.45) is 0 Å². The molecule has 0 saturated carbocycles. The van der Waals surface area contributed by atoms with Gasteiger partial charge in [-0.1, -0.05) is 0 Å². The predicted octanol–water partition coefficient (Wildman–Crippen LogP) is 0.348. The second kappa shape index (κ2) is 2.65. The van der Waals surface area contributed by atoms with Crippen molar-refractivity contribution in [3.05, 3.63) is 23.2 Å². The molecule has 1 aliphatic heterocycles. The van der Waals surface area contributed by atoms with Gasteiger partial charge in [0.15, 0.2) is 5.60 Å². The number of ether oxygens (including phenoxy) is 1. The molecule has 1 saturated heterocycles. The molecule has 2 heterocycles. The van der Waals surface area contributed by atoms with Crippen molar-refractivity contribution >= 4 is 11.6 Å². The van der Waals surface area contributed by atoms with Crippen molar-refractivity contribution in [3.63, 3.8) is 0 Å². The molecule has 0 atom stereocenters. The van der Waals surface area contributed by atoms with Crippen molar-refractivity contribution in [3.8, 4) is 0 Å². The molecule has 1 aromatic heterocycles. The first-order chi connectivity index (χ1) is 5.71. The minimum absolute atomic E-state index is 0.146. The predicted molar refractivity (Wildman–Crippen MR) is 41.8 cm³/mol. The van der Waals surface area contributed by atoms with Crippen molar-refractivity contribution in [2.45, 2.75) is 5.60 Å². The maximum absolute atomic E-state index is 9.73. The normalized spacial score (nSPS) is 20.2. The van der Waals surface area contributed by atoms with Crippen molar-refractivity contribution in [1.29, 1.82) is 0 Å². The van der Waals surface area contributed by atoms with Gasteiger partial charge in [-0.25, -0.2) is 9.97 Å². The van der Waals surface area contributed by atoms with E-state index in [1.807, 2.05) is 0 Å². The highest BCUT2D eigenvalue weighted by atomic mass is 35.5. The van der Waals surface area contributed by atoms with Gasteiger partial charge in [0.25, 0.3) is 0 Å². The van der Waals surface area contributed by atoms with Crippen LogP contribution in [-0.2, 0) is 10.3 Å². The molecule has 64 valence electrons. The molecule has 5 heteroatoms. The number of hydrogen-bond acceptors (Lipinski definition) is 4. The van der Waals surface area contributed by atoms with Gasteiger partial charge in [0.05, 0.1) is 18.9 Å². The Morgan fingerprint density at radius 2 is 2.33 bits per heavy atom. The van der Waals surface area contributed by atoms with Gasteiger partial charge in [-0.15, -0.1) is 0 Å². The number of halogens is 1. The van der Waals surface area contributed by atoms with Gasteiger partial charge in [0, 0.05) is 6.20 Å². The highest BCUT2D eigenvalue weighted by Crippen LogP contribution is 2.27. The van der Waals surface area contributed by atoms with Gasteiger partial charge < -0.3 is 9.84 Å². The standard InChI is InChI=1S/C7H7ClN2O2/c8-6-9-2-1-5(10-6)7(11)3-12-4-7/h1-2,11H,3-4H2. The van der Waals surface area contributed by atoms with Gasteiger partial charge in [0.2, 0.25) is 5.28 Å². The molecular formula is C7H7ClN2O2. The van der Waals surface area contributed by atoms with E-state index in [0.717, 1.165) is 0 Å². The topological polar surface area (TPSA) is 55.2 Å². The summed E-state index contributed by atoms with van der Waals surface area (Å²) in [5.41, 5.74) is -0.430. The summed E-state index contributed by atoms with van der Waals surface area (Å²) in [5, 5.41) is 9.88. The van der Waals surface area contributed by atoms with Crippen LogP contribution in [0.15, 0.2) is 12.3 Å². The Balaban J connectivity index is 2.33. The molecule has 12 heavy (non-hydrogen) atoms. The lowest BCUT2D eigenvalue weighted by atomic mass is 9.98. The maximum atomic E-state index is 9.73. The lowest BCUT2D eigenvalue weighted by molar-refractivity contribution is -0.186. The second-order valence-corrected chi connectivity index (χ2v) is 3.07. The highest BCUT2D eigenvalue weighted by molar-refractivity contribution is 6.28. The second-order valence-electron chi connectivity index (χ2n) is 2.74. The molecule has 1 aliphatic rings. The molecule has 0 unspecified atom stereocenters. The summed E-state index contributed by atoms with van der Waals surface area (Å²) < 4.78 is 4.88. The Morgan fingerprint density at radius 1 is 1.58 bits per heavy atom. The van der Waals surface area contributed by atoms with E-state index in [2.05, 4.69) is 9.97 Å². The van der Waals surface area contributed by atoms with Crippen molar-refractivity contribution in [1.82, 2.24) is 9.97 Å². The molecule has 0 aromatic carbocycles. The maximum Gasteiger partial charge on any atom is 0.222 e. The Hall–Kier alpha value is -0.710. The molecule has 4 nitrogen and oxygen atoms in total. The zero-order valence-electron chi connectivity index (χ0n) is 6.20. The first-order valence-corrected chi connectivity index (χ1v) is 3.88. The zero-order valence-corrected chi connectivity index (χ0v) is 6.95. The van der Waals surface area contributed by atoms with Crippen LogP contribution in [0.25, 0.3) is 0 Å². The molecule has 1 fully saturated rings. The van der Waals surface area contributed by atoms with E-state index >= 15 is 0 Å². The third-order valence-electron chi connectivity index (χ3n) is 1.78. The number of hydrogen-bond donors (Lipinski definition) is 1. The molecule has 0 amide bonds. The molecule has 1 aromatic rings. The van der Waals surface area contributed by atoms with Crippen LogP contribution in [0, 0.1) is 0 Å². The van der Waals surface area contributed by atoms with Crippen molar-refractivity contribution in [2.75, 3.05) is 13.2 Å². The van der Waals surface area contributed by atoms with Crippen molar-refractivity contribution < 1.29 is 9.84 Å². The SMILES string of the molecule is OC1(c2ccnc(Cl)n2)COC1. The van der Waals surface area contributed by atoms with Crippen LogP contribution in [-0.4, -0.2) is 28.3 Å². The average molecular weight is 187 g/mol. The van der Waals surface area contributed by atoms with Gasteiger partial charge in [-0.05, 0) is 17.7 Å². The van der Waals surface area contributed by atoms with E-state index in [4.69, 9.17) is 16.3 Å². The Morgan fingerprint density at radius 3 is 2.83 bits per heavy atom. The van der Waals surface area contributed by atoms with Crippen LogP contribution in [0.4, 0.5) is 0 Å². The molecule has 0 aliphatic carbocycles. The molecular weight excluding hydrogens is 180 g/mol. The van der Waals surface area contributed by atoms with Crippen LogP contribution in [0.3, 0.4) is 0 Å². The fourth-order valence-corrected chi connectivity index (χ4v) is 1.18. The molecule has 2 rings (SSSR count). The Labute approximate surface area is 74.2 Å². The Kier molecular flexibility index (Phi) is 1.75. The van der Waals surface area contributed by atoms with E-state index in [1.54, 1.807) is 6.07 Å². The Bertz CT molecular complexity index is 301. The van der Waals surface area contributed by atoms with E-state index in [-0.39, 0.29) is 18.5 Å². The minimum atomic E-state index is -0.952. The molecule has 0 bridgehead atoms. The molecule has 0 spiro atoms. The quantitative estimate of drug-likeness (QED) is 0.643. The lowest BCUT2D eigenvalue weighted by Gasteiger charge is -2.35. The van der Waals surface area contributed by atoms with Gasteiger partial charge >= 0.3 is 0 Å². The van der Waals surface area contributed by atoms with Gasteiger partial charge in [-0.3, -0.25) is 0 Å². The summed E-state index contributed by atoms with van der Waals surface area (Å²) in [6, 6.07) is 1.63. The van der Waals surface area contributed by atoms with E-state index < -0.39 is 5.60 Å². The zero-order chi connectivity index (χ0) is 8.60. The van der Waals surface area contributed by atoms with Crippen LogP contribution in [0.2, 0.25) is 5.28 Å². The minimum Gasteiger partial charge on any atom is -0.379 e. The van der Waals surface area contributed by atoms with Crippen LogP contribution < -0.4 is 0 Å². The average Bonchev–Trinajstić information content (AvgIpc) is 2.00. The smallest absolute Gasteiger partial charge is 0.222 e. The summed E-state index contributed by atoms with van der Waals surface area (Å²) in [7, 11) is 0. The third kappa shape index (κ3) is 1.18. The summed E-state index contributed by atoms with van der Waals surface area (Å²) in [4.78, 5) is 7.61. The first-order valence-electron chi connectivity index (χ1n) is 3.50. The lowest BCUT2D eigenvalue weighted by Crippen LogP contribution is -2.47. The highest BCUT2D eigenvalue weighted by Gasteiger charge is 2.39. The largest absolute Gasteiger partial charge is 0.379 e. The third-order valence-corrected chi connectivity index (χ3v) is 1.97.